The van der Waals surface area contributed by atoms with Gasteiger partial charge in [-0.25, -0.2) is 0 Å². The third-order valence-corrected chi connectivity index (χ3v) is 6.62. The standard InChI is InChI=1S/C24H27N5O2S/c1-16-7-6-10-21(17(16)2)29(24(31)20-15-32-28-27-20)22(18-11-13-25-14-12-18)23(30)26-19-8-4-3-5-9-19/h6-7,10-15,19,22H,3-5,8-9H2,1-2H3,(H,26,30)/t22-/m0/s1. The largest absolute Gasteiger partial charge is 0.351 e. The monoisotopic (exact) mass is 449 g/mol. The highest BCUT2D eigenvalue weighted by Crippen LogP contribution is 2.33. The predicted molar refractivity (Wildman–Crippen MR) is 125 cm³/mol. The van der Waals surface area contributed by atoms with Gasteiger partial charge in [0.05, 0.1) is 0 Å². The molecule has 1 saturated carbocycles. The van der Waals surface area contributed by atoms with E-state index in [-0.39, 0.29) is 23.6 Å². The highest BCUT2D eigenvalue weighted by Gasteiger charge is 2.36. The van der Waals surface area contributed by atoms with Gasteiger partial charge in [-0.15, -0.1) is 5.10 Å². The van der Waals surface area contributed by atoms with E-state index in [1.165, 1.54) is 6.42 Å². The number of aromatic nitrogens is 3. The Hall–Kier alpha value is -3.13. The quantitative estimate of drug-likeness (QED) is 0.603. The Kier molecular flexibility index (Phi) is 6.90. The lowest BCUT2D eigenvalue weighted by Gasteiger charge is -2.34. The van der Waals surface area contributed by atoms with Gasteiger partial charge in [0.25, 0.3) is 5.91 Å². The molecule has 1 aliphatic rings. The summed E-state index contributed by atoms with van der Waals surface area (Å²) in [5.74, 6) is -0.548. The van der Waals surface area contributed by atoms with Crippen molar-refractivity contribution in [2.45, 2.75) is 58.0 Å². The molecule has 0 bridgehead atoms. The van der Waals surface area contributed by atoms with Crippen LogP contribution in [0.2, 0.25) is 0 Å². The zero-order valence-electron chi connectivity index (χ0n) is 18.3. The first-order valence-electron chi connectivity index (χ1n) is 10.9. The van der Waals surface area contributed by atoms with Gasteiger partial charge < -0.3 is 5.32 Å². The number of rotatable bonds is 6. The average Bonchev–Trinajstić information content (AvgIpc) is 3.35. The first-order chi connectivity index (χ1) is 15.6. The minimum Gasteiger partial charge on any atom is -0.351 e. The third kappa shape index (κ3) is 4.70. The molecule has 8 heteroatoms. The van der Waals surface area contributed by atoms with Gasteiger partial charge in [0.2, 0.25) is 5.91 Å². The molecule has 7 nitrogen and oxygen atoms in total. The van der Waals surface area contributed by atoms with Gasteiger partial charge in [0, 0.05) is 29.5 Å². The number of nitrogens with one attached hydrogen (secondary N) is 1. The molecular formula is C24H27N5O2S. The van der Waals surface area contributed by atoms with Crippen molar-refractivity contribution in [3.05, 3.63) is 70.5 Å². The smallest absolute Gasteiger partial charge is 0.280 e. The minimum atomic E-state index is -0.852. The van der Waals surface area contributed by atoms with Crippen LogP contribution in [-0.2, 0) is 4.79 Å². The third-order valence-electron chi connectivity index (χ3n) is 6.11. The van der Waals surface area contributed by atoms with Crippen LogP contribution >= 0.6 is 11.5 Å². The van der Waals surface area contributed by atoms with E-state index in [4.69, 9.17) is 0 Å². The molecule has 1 N–H and O–H groups in total. The molecule has 2 amide bonds. The summed E-state index contributed by atoms with van der Waals surface area (Å²) < 4.78 is 3.86. The SMILES string of the molecule is Cc1cccc(N(C(=O)c2csnn2)[C@H](C(=O)NC2CCCCC2)c2ccncc2)c1C. The van der Waals surface area contributed by atoms with Crippen LogP contribution in [0.4, 0.5) is 5.69 Å². The maximum Gasteiger partial charge on any atom is 0.280 e. The molecule has 0 aliphatic heterocycles. The molecule has 0 unspecified atom stereocenters. The predicted octanol–water partition coefficient (Wildman–Crippen LogP) is 4.39. The van der Waals surface area contributed by atoms with E-state index in [0.29, 0.717) is 11.3 Å². The molecule has 4 rings (SSSR count). The highest BCUT2D eigenvalue weighted by atomic mass is 32.1. The molecule has 166 valence electrons. The van der Waals surface area contributed by atoms with Crippen molar-refractivity contribution in [1.82, 2.24) is 19.9 Å². The molecule has 0 radical (unpaired) electrons. The van der Waals surface area contributed by atoms with Crippen LogP contribution in [0.15, 0.2) is 48.1 Å². The summed E-state index contributed by atoms with van der Waals surface area (Å²) in [6, 6.07) is 8.62. The maximum atomic E-state index is 13.7. The number of carbonyl (C=O) groups excluding carboxylic acids is 2. The number of pyridine rings is 1. The van der Waals surface area contributed by atoms with Crippen molar-refractivity contribution in [2.75, 3.05) is 4.90 Å². The fourth-order valence-electron chi connectivity index (χ4n) is 4.23. The fourth-order valence-corrected chi connectivity index (χ4v) is 4.66. The summed E-state index contributed by atoms with van der Waals surface area (Å²) in [6.45, 7) is 3.96. The molecular weight excluding hydrogens is 422 g/mol. The Bertz CT molecular complexity index is 1070. The van der Waals surface area contributed by atoms with Crippen molar-refractivity contribution >= 4 is 29.0 Å². The van der Waals surface area contributed by atoms with Crippen LogP contribution in [0.3, 0.4) is 0 Å². The van der Waals surface area contributed by atoms with E-state index in [1.54, 1.807) is 34.8 Å². The molecule has 2 heterocycles. The zero-order chi connectivity index (χ0) is 22.5. The number of hydrogen-bond donors (Lipinski definition) is 1. The van der Waals surface area contributed by atoms with Gasteiger partial charge in [-0.2, -0.15) is 0 Å². The lowest BCUT2D eigenvalue weighted by atomic mass is 9.94. The first-order valence-corrected chi connectivity index (χ1v) is 11.8. The lowest BCUT2D eigenvalue weighted by molar-refractivity contribution is -0.123. The van der Waals surface area contributed by atoms with Crippen LogP contribution in [0, 0.1) is 13.8 Å². The van der Waals surface area contributed by atoms with E-state index in [1.807, 2.05) is 32.0 Å². The van der Waals surface area contributed by atoms with E-state index in [0.717, 1.165) is 48.3 Å². The Balaban J connectivity index is 1.81. The first kappa shape index (κ1) is 22.1. The maximum absolute atomic E-state index is 13.7. The van der Waals surface area contributed by atoms with E-state index < -0.39 is 6.04 Å². The van der Waals surface area contributed by atoms with Gasteiger partial charge in [0.1, 0.15) is 6.04 Å². The molecule has 1 aliphatic carbocycles. The molecule has 1 atom stereocenters. The van der Waals surface area contributed by atoms with Gasteiger partial charge in [0.15, 0.2) is 5.69 Å². The number of amides is 2. The number of carbonyl (C=O) groups is 2. The number of nitrogens with zero attached hydrogens (tertiary/aromatic N) is 4. The fraction of sp³-hybridized carbons (Fsp3) is 0.375. The topological polar surface area (TPSA) is 88.1 Å². The van der Waals surface area contributed by atoms with Crippen LogP contribution < -0.4 is 10.2 Å². The summed E-state index contributed by atoms with van der Waals surface area (Å²) in [7, 11) is 0. The van der Waals surface area contributed by atoms with E-state index >= 15 is 0 Å². The molecule has 1 aromatic carbocycles. The van der Waals surface area contributed by atoms with Gasteiger partial charge >= 0.3 is 0 Å². The average molecular weight is 450 g/mol. The van der Waals surface area contributed by atoms with Crippen LogP contribution in [-0.4, -0.2) is 32.4 Å². The van der Waals surface area contributed by atoms with Crippen molar-refractivity contribution in [3.8, 4) is 0 Å². The Morgan fingerprint density at radius 1 is 1.09 bits per heavy atom. The second-order valence-electron chi connectivity index (χ2n) is 8.21. The van der Waals surface area contributed by atoms with Crippen LogP contribution in [0.25, 0.3) is 0 Å². The van der Waals surface area contributed by atoms with Gasteiger partial charge in [-0.05, 0) is 73.1 Å². The van der Waals surface area contributed by atoms with Crippen molar-refractivity contribution in [1.29, 1.82) is 0 Å². The molecule has 32 heavy (non-hydrogen) atoms. The van der Waals surface area contributed by atoms with Crippen molar-refractivity contribution < 1.29 is 9.59 Å². The van der Waals surface area contributed by atoms with E-state index in [2.05, 4.69) is 19.9 Å². The Morgan fingerprint density at radius 2 is 1.84 bits per heavy atom. The lowest BCUT2D eigenvalue weighted by Crippen LogP contribution is -2.47. The van der Waals surface area contributed by atoms with Gasteiger partial charge in [-0.3, -0.25) is 19.5 Å². The Labute approximate surface area is 192 Å². The summed E-state index contributed by atoms with van der Waals surface area (Å²) in [5, 5.41) is 8.83. The second-order valence-corrected chi connectivity index (χ2v) is 8.82. The summed E-state index contributed by atoms with van der Waals surface area (Å²) in [4.78, 5) is 33.1. The molecule has 1 fully saturated rings. The van der Waals surface area contributed by atoms with Crippen LogP contribution in [0.1, 0.15) is 65.3 Å². The van der Waals surface area contributed by atoms with Crippen LogP contribution in [0.5, 0.6) is 0 Å². The second kappa shape index (κ2) is 9.99. The van der Waals surface area contributed by atoms with Crippen molar-refractivity contribution in [3.63, 3.8) is 0 Å². The summed E-state index contributed by atoms with van der Waals surface area (Å²) >= 11 is 1.11. The highest BCUT2D eigenvalue weighted by molar-refractivity contribution is 7.03. The zero-order valence-corrected chi connectivity index (χ0v) is 19.1. The molecule has 0 spiro atoms. The summed E-state index contributed by atoms with van der Waals surface area (Å²) in [5.41, 5.74) is 3.58. The minimum absolute atomic E-state index is 0.122. The molecule has 2 aromatic heterocycles. The molecule has 3 aromatic rings. The number of benzene rings is 1. The number of anilines is 1. The van der Waals surface area contributed by atoms with E-state index in [9.17, 15) is 9.59 Å². The number of aryl methyl sites for hydroxylation is 1. The summed E-state index contributed by atoms with van der Waals surface area (Å²) in [6.07, 6.45) is 8.62. The van der Waals surface area contributed by atoms with Gasteiger partial charge in [-0.1, -0.05) is 35.9 Å². The molecule has 0 saturated heterocycles. The Morgan fingerprint density at radius 3 is 2.53 bits per heavy atom. The normalized spacial score (nSPS) is 15.2. The number of hydrogen-bond acceptors (Lipinski definition) is 6. The van der Waals surface area contributed by atoms with Crippen molar-refractivity contribution in [2.24, 2.45) is 0 Å².